The minimum absolute atomic E-state index is 0.342. The van der Waals surface area contributed by atoms with Crippen LogP contribution in [-0.2, 0) is 11.3 Å². The first-order valence-corrected chi connectivity index (χ1v) is 10.5. The van der Waals surface area contributed by atoms with Gasteiger partial charge >= 0.3 is 0 Å². The number of aromatic nitrogens is 2. The van der Waals surface area contributed by atoms with Gasteiger partial charge in [-0.1, -0.05) is 6.42 Å². The second-order valence-corrected chi connectivity index (χ2v) is 8.96. The van der Waals surface area contributed by atoms with E-state index >= 15 is 0 Å². The molecule has 25 heavy (non-hydrogen) atoms. The summed E-state index contributed by atoms with van der Waals surface area (Å²) in [5.74, 6) is 2.85. The Hall–Kier alpha value is -0.950. The summed E-state index contributed by atoms with van der Waals surface area (Å²) in [5, 5.41) is 0.342. The topological polar surface area (TPSA) is 41.5 Å². The van der Waals surface area contributed by atoms with Crippen molar-refractivity contribution in [1.29, 1.82) is 0 Å². The number of ether oxygens (including phenoxy) is 1. The number of fused-ring (bicyclic) bond motifs is 2. The third kappa shape index (κ3) is 3.14. The molecule has 7 heteroatoms. The van der Waals surface area contributed by atoms with E-state index in [-0.39, 0.29) is 0 Å². The quantitative estimate of drug-likeness (QED) is 0.765. The molecule has 5 rings (SSSR count). The van der Waals surface area contributed by atoms with Crippen LogP contribution in [0.4, 0.5) is 5.82 Å². The van der Waals surface area contributed by atoms with Crippen molar-refractivity contribution in [2.75, 3.05) is 44.3 Å². The second kappa shape index (κ2) is 6.65. The van der Waals surface area contributed by atoms with E-state index in [9.17, 15) is 0 Å². The maximum atomic E-state index is 6.20. The van der Waals surface area contributed by atoms with E-state index in [1.54, 1.807) is 0 Å². The summed E-state index contributed by atoms with van der Waals surface area (Å²) in [4.78, 5) is 15.3. The van der Waals surface area contributed by atoms with Crippen molar-refractivity contribution in [3.63, 3.8) is 0 Å². The van der Waals surface area contributed by atoms with Crippen molar-refractivity contribution >= 4 is 39.0 Å². The molecule has 0 aromatic carbocycles. The second-order valence-electron chi connectivity index (χ2n) is 7.49. The molecule has 134 valence electrons. The summed E-state index contributed by atoms with van der Waals surface area (Å²) < 4.78 is 6.64. The number of thiophene rings is 1. The lowest BCUT2D eigenvalue weighted by Crippen LogP contribution is -2.36. The van der Waals surface area contributed by atoms with Crippen LogP contribution < -0.4 is 4.90 Å². The molecule has 2 saturated heterocycles. The molecule has 3 aliphatic rings. The van der Waals surface area contributed by atoms with Gasteiger partial charge in [0.05, 0.1) is 23.4 Å². The molecule has 0 spiro atoms. The maximum absolute atomic E-state index is 6.20. The number of hydrogen-bond donors (Lipinski definition) is 0. The zero-order chi connectivity index (χ0) is 16.8. The first-order valence-electron chi connectivity index (χ1n) is 9.27. The Morgan fingerprint density at radius 2 is 1.92 bits per heavy atom. The molecule has 3 fully saturated rings. The predicted molar refractivity (Wildman–Crippen MR) is 102 cm³/mol. The lowest BCUT2D eigenvalue weighted by molar-refractivity contribution is 0.122. The van der Waals surface area contributed by atoms with Gasteiger partial charge < -0.3 is 9.64 Å². The Bertz CT molecular complexity index is 764. The summed E-state index contributed by atoms with van der Waals surface area (Å²) >= 11 is 8.03. The number of halogens is 1. The van der Waals surface area contributed by atoms with E-state index in [0.29, 0.717) is 5.28 Å². The van der Waals surface area contributed by atoms with E-state index in [0.717, 1.165) is 56.0 Å². The molecular weight excluding hydrogens is 356 g/mol. The van der Waals surface area contributed by atoms with Crippen molar-refractivity contribution in [2.24, 2.45) is 11.8 Å². The van der Waals surface area contributed by atoms with E-state index in [2.05, 4.69) is 25.8 Å². The van der Waals surface area contributed by atoms with Gasteiger partial charge in [0.1, 0.15) is 0 Å². The molecule has 0 N–H and O–H groups in total. The Morgan fingerprint density at radius 1 is 1.16 bits per heavy atom. The van der Waals surface area contributed by atoms with E-state index in [4.69, 9.17) is 16.3 Å². The third-order valence-electron chi connectivity index (χ3n) is 5.87. The van der Waals surface area contributed by atoms with E-state index in [1.807, 2.05) is 11.3 Å². The van der Waals surface area contributed by atoms with E-state index < -0.39 is 0 Å². The van der Waals surface area contributed by atoms with E-state index in [1.165, 1.54) is 41.9 Å². The SMILES string of the molecule is Clc1nc(N2CCOCC2)c2sc(CN3CC4CCCC4C3)cc2n1. The van der Waals surface area contributed by atoms with Crippen LogP contribution in [0.5, 0.6) is 0 Å². The van der Waals surface area contributed by atoms with Crippen molar-refractivity contribution in [3.05, 3.63) is 16.2 Å². The van der Waals surface area contributed by atoms with Crippen molar-refractivity contribution in [2.45, 2.75) is 25.8 Å². The van der Waals surface area contributed by atoms with Crippen LogP contribution >= 0.6 is 22.9 Å². The molecule has 0 bridgehead atoms. The molecule has 0 amide bonds. The summed E-state index contributed by atoms with van der Waals surface area (Å²) in [6, 6.07) is 2.21. The van der Waals surface area contributed by atoms with Gasteiger partial charge in [-0.05, 0) is 42.3 Å². The molecule has 1 saturated carbocycles. The zero-order valence-electron chi connectivity index (χ0n) is 14.3. The monoisotopic (exact) mass is 378 g/mol. The minimum Gasteiger partial charge on any atom is -0.378 e. The summed E-state index contributed by atoms with van der Waals surface area (Å²) in [5.41, 5.74) is 0.987. The third-order valence-corrected chi connectivity index (χ3v) is 7.14. The van der Waals surface area contributed by atoms with Crippen molar-refractivity contribution < 1.29 is 4.74 Å². The van der Waals surface area contributed by atoms with Crippen LogP contribution in [0.3, 0.4) is 0 Å². The smallest absolute Gasteiger partial charge is 0.224 e. The highest BCUT2D eigenvalue weighted by atomic mass is 35.5. The van der Waals surface area contributed by atoms with Gasteiger partial charge in [-0.2, -0.15) is 4.98 Å². The highest BCUT2D eigenvalue weighted by molar-refractivity contribution is 7.19. The van der Waals surface area contributed by atoms with Gasteiger partial charge in [0.2, 0.25) is 5.28 Å². The summed E-state index contributed by atoms with van der Waals surface area (Å²) in [6.45, 7) is 6.80. The molecule has 2 aromatic heterocycles. The standard InChI is InChI=1S/C18H23ClN4OS/c19-18-20-15-8-14(11-22-9-12-2-1-3-13(12)10-22)25-16(15)17(21-18)23-4-6-24-7-5-23/h8,12-13H,1-7,9-11H2. The lowest BCUT2D eigenvalue weighted by atomic mass is 10.0. The van der Waals surface area contributed by atoms with Crippen molar-refractivity contribution in [1.82, 2.24) is 14.9 Å². The average molecular weight is 379 g/mol. The highest BCUT2D eigenvalue weighted by Gasteiger charge is 2.36. The molecule has 2 unspecified atom stereocenters. The fraction of sp³-hybridized carbons (Fsp3) is 0.667. The van der Waals surface area contributed by atoms with Gasteiger partial charge in [0.15, 0.2) is 5.82 Å². The molecule has 5 nitrogen and oxygen atoms in total. The molecule has 0 radical (unpaired) electrons. The number of morpholine rings is 1. The first kappa shape index (κ1) is 16.2. The number of likely N-dealkylation sites (tertiary alicyclic amines) is 1. The fourth-order valence-corrected chi connectivity index (χ4v) is 6.01. The van der Waals surface area contributed by atoms with Crippen LogP contribution in [0.15, 0.2) is 6.07 Å². The zero-order valence-corrected chi connectivity index (χ0v) is 15.9. The Morgan fingerprint density at radius 3 is 2.68 bits per heavy atom. The molecule has 2 atom stereocenters. The number of rotatable bonds is 3. The Balaban J connectivity index is 1.41. The van der Waals surface area contributed by atoms with Gasteiger partial charge in [-0.25, -0.2) is 4.98 Å². The number of hydrogen-bond acceptors (Lipinski definition) is 6. The normalized spacial score (nSPS) is 27.3. The number of anilines is 1. The average Bonchev–Trinajstić information content (AvgIpc) is 3.29. The lowest BCUT2D eigenvalue weighted by Gasteiger charge is -2.28. The van der Waals surface area contributed by atoms with Crippen LogP contribution in [0.25, 0.3) is 10.2 Å². The summed E-state index contributed by atoms with van der Waals surface area (Å²) in [6.07, 6.45) is 4.29. The van der Waals surface area contributed by atoms with Gasteiger partial charge in [-0.15, -0.1) is 11.3 Å². The van der Waals surface area contributed by atoms with Gasteiger partial charge in [0, 0.05) is 37.6 Å². The molecule has 2 aromatic rings. The van der Waals surface area contributed by atoms with Gasteiger partial charge in [0.25, 0.3) is 0 Å². The Kier molecular flexibility index (Phi) is 4.32. The Labute approximate surface area is 156 Å². The largest absolute Gasteiger partial charge is 0.378 e. The first-order chi connectivity index (χ1) is 12.3. The number of nitrogens with zero attached hydrogens (tertiary/aromatic N) is 4. The minimum atomic E-state index is 0.342. The predicted octanol–water partition coefficient (Wildman–Crippen LogP) is 3.41. The highest BCUT2D eigenvalue weighted by Crippen LogP contribution is 2.39. The molecule has 4 heterocycles. The van der Waals surface area contributed by atoms with Crippen LogP contribution in [0.1, 0.15) is 24.1 Å². The molecule has 1 aliphatic carbocycles. The van der Waals surface area contributed by atoms with Crippen LogP contribution in [0.2, 0.25) is 5.28 Å². The molecular formula is C18H23ClN4OS. The molecule has 2 aliphatic heterocycles. The maximum Gasteiger partial charge on any atom is 0.224 e. The van der Waals surface area contributed by atoms with Crippen LogP contribution in [-0.4, -0.2) is 54.3 Å². The fourth-order valence-electron chi connectivity index (χ4n) is 4.69. The van der Waals surface area contributed by atoms with Crippen molar-refractivity contribution in [3.8, 4) is 0 Å². The summed E-state index contributed by atoms with van der Waals surface area (Å²) in [7, 11) is 0. The van der Waals surface area contributed by atoms with Gasteiger partial charge in [-0.3, -0.25) is 4.90 Å². The van der Waals surface area contributed by atoms with Crippen LogP contribution in [0, 0.1) is 11.8 Å².